The van der Waals surface area contributed by atoms with Crippen molar-refractivity contribution in [3.05, 3.63) is 60.2 Å². The predicted octanol–water partition coefficient (Wildman–Crippen LogP) is 1.91. The summed E-state index contributed by atoms with van der Waals surface area (Å²) in [5.74, 6) is 1.66. The SMILES string of the molecule is NC(=O)c1ccc(N2C=NOC2C2CSCCN2C(=O)COc2ccccc2)cc1. The summed E-state index contributed by atoms with van der Waals surface area (Å²) in [7, 11) is 0. The molecule has 1 fully saturated rings. The molecule has 2 heterocycles. The lowest BCUT2D eigenvalue weighted by Crippen LogP contribution is -2.57. The van der Waals surface area contributed by atoms with Crippen LogP contribution in [0.3, 0.4) is 0 Å². The van der Waals surface area contributed by atoms with Gasteiger partial charge in [-0.05, 0) is 36.4 Å². The lowest BCUT2D eigenvalue weighted by atomic mass is 10.1. The first-order valence-electron chi connectivity index (χ1n) is 9.56. The fourth-order valence-corrected chi connectivity index (χ4v) is 4.52. The van der Waals surface area contributed by atoms with Gasteiger partial charge in [-0.2, -0.15) is 11.8 Å². The van der Waals surface area contributed by atoms with Gasteiger partial charge in [0.15, 0.2) is 6.61 Å². The van der Waals surface area contributed by atoms with Gasteiger partial charge in [-0.3, -0.25) is 14.5 Å². The minimum Gasteiger partial charge on any atom is -0.484 e. The summed E-state index contributed by atoms with van der Waals surface area (Å²) in [5.41, 5.74) is 6.55. The number of nitrogens with two attached hydrogens (primary N) is 1. The van der Waals surface area contributed by atoms with E-state index in [1.807, 2.05) is 40.1 Å². The van der Waals surface area contributed by atoms with E-state index in [4.69, 9.17) is 15.3 Å². The van der Waals surface area contributed by atoms with Crippen molar-refractivity contribution < 1.29 is 19.2 Å². The molecule has 2 atom stereocenters. The van der Waals surface area contributed by atoms with E-state index >= 15 is 0 Å². The molecule has 2 N–H and O–H groups in total. The molecular formula is C21H22N4O4S. The number of ether oxygens (including phenoxy) is 1. The second-order valence-corrected chi connectivity index (χ2v) is 8.02. The van der Waals surface area contributed by atoms with Crippen molar-refractivity contribution in [3.8, 4) is 5.75 Å². The molecule has 1 saturated heterocycles. The number of benzene rings is 2. The van der Waals surface area contributed by atoms with E-state index in [0.717, 1.165) is 17.2 Å². The van der Waals surface area contributed by atoms with Crippen LogP contribution in [0.25, 0.3) is 0 Å². The molecule has 8 nitrogen and oxygen atoms in total. The molecule has 4 rings (SSSR count). The number of primary amides is 1. The van der Waals surface area contributed by atoms with Crippen molar-refractivity contribution in [2.75, 3.05) is 29.6 Å². The van der Waals surface area contributed by atoms with E-state index in [9.17, 15) is 9.59 Å². The van der Waals surface area contributed by atoms with Gasteiger partial charge >= 0.3 is 0 Å². The number of carbonyl (C=O) groups excluding carboxylic acids is 2. The molecule has 0 spiro atoms. The molecule has 2 aromatic carbocycles. The topological polar surface area (TPSA) is 97.5 Å². The van der Waals surface area contributed by atoms with E-state index in [0.29, 0.717) is 17.9 Å². The molecular weight excluding hydrogens is 404 g/mol. The summed E-state index contributed by atoms with van der Waals surface area (Å²) in [5, 5.41) is 3.97. The van der Waals surface area contributed by atoms with Gasteiger partial charge < -0.3 is 20.2 Å². The van der Waals surface area contributed by atoms with Gasteiger partial charge in [-0.1, -0.05) is 23.4 Å². The Bertz CT molecular complexity index is 922. The average molecular weight is 426 g/mol. The molecule has 9 heteroatoms. The summed E-state index contributed by atoms with van der Waals surface area (Å²) in [6, 6.07) is 16.0. The Labute approximate surface area is 178 Å². The zero-order valence-corrected chi connectivity index (χ0v) is 17.0. The number of carbonyl (C=O) groups is 2. The van der Waals surface area contributed by atoms with Crippen LogP contribution in [0.5, 0.6) is 5.75 Å². The Morgan fingerprint density at radius 1 is 1.17 bits per heavy atom. The molecule has 0 radical (unpaired) electrons. The monoisotopic (exact) mass is 426 g/mol. The highest BCUT2D eigenvalue weighted by molar-refractivity contribution is 7.99. The minimum absolute atomic E-state index is 0.0356. The predicted molar refractivity (Wildman–Crippen MR) is 116 cm³/mol. The Balaban J connectivity index is 1.47. The number of hydrogen-bond donors (Lipinski definition) is 1. The number of anilines is 1. The molecule has 156 valence electrons. The third-order valence-electron chi connectivity index (χ3n) is 4.99. The second kappa shape index (κ2) is 9.08. The summed E-state index contributed by atoms with van der Waals surface area (Å²) in [6.45, 7) is 0.576. The quantitative estimate of drug-likeness (QED) is 0.758. The largest absolute Gasteiger partial charge is 0.484 e. The summed E-state index contributed by atoms with van der Waals surface area (Å²) in [6.07, 6.45) is 1.13. The molecule has 30 heavy (non-hydrogen) atoms. The highest BCUT2D eigenvalue weighted by Crippen LogP contribution is 2.28. The fourth-order valence-electron chi connectivity index (χ4n) is 3.44. The Kier molecular flexibility index (Phi) is 6.08. The second-order valence-electron chi connectivity index (χ2n) is 6.87. The number of thioether (sulfide) groups is 1. The third-order valence-corrected chi connectivity index (χ3v) is 6.03. The molecule has 0 aromatic heterocycles. The number of para-hydroxylation sites is 1. The first-order valence-corrected chi connectivity index (χ1v) is 10.7. The van der Waals surface area contributed by atoms with E-state index < -0.39 is 12.1 Å². The Hall–Kier alpha value is -3.20. The van der Waals surface area contributed by atoms with Crippen LogP contribution in [-0.4, -0.2) is 60.0 Å². The first-order chi connectivity index (χ1) is 14.6. The van der Waals surface area contributed by atoms with E-state index in [1.165, 1.54) is 0 Å². The van der Waals surface area contributed by atoms with Crippen molar-refractivity contribution in [3.63, 3.8) is 0 Å². The standard InChI is InChI=1S/C21H22N4O4S/c22-20(27)15-6-8-16(9-7-15)25-14-23-29-21(25)18-13-30-11-10-24(18)19(26)12-28-17-4-2-1-3-5-17/h1-9,14,18,21H,10-13H2,(H2,22,27). The van der Waals surface area contributed by atoms with Gasteiger partial charge in [0.05, 0.1) is 6.04 Å². The van der Waals surface area contributed by atoms with Crippen LogP contribution in [0.1, 0.15) is 10.4 Å². The molecule has 2 aliphatic heterocycles. The zero-order valence-electron chi connectivity index (χ0n) is 16.2. The van der Waals surface area contributed by atoms with Crippen molar-refractivity contribution in [1.29, 1.82) is 0 Å². The summed E-state index contributed by atoms with van der Waals surface area (Å²) >= 11 is 1.77. The van der Waals surface area contributed by atoms with Gasteiger partial charge in [-0.25, -0.2) is 0 Å². The van der Waals surface area contributed by atoms with Crippen molar-refractivity contribution in [2.24, 2.45) is 10.9 Å². The van der Waals surface area contributed by atoms with E-state index in [1.54, 1.807) is 42.4 Å². The molecule has 0 aliphatic carbocycles. The smallest absolute Gasteiger partial charge is 0.261 e. The van der Waals surface area contributed by atoms with Gasteiger partial charge in [0.2, 0.25) is 12.1 Å². The number of hydrogen-bond acceptors (Lipinski definition) is 7. The van der Waals surface area contributed by atoms with Crippen LogP contribution in [0, 0.1) is 0 Å². The molecule has 2 aromatic rings. The van der Waals surface area contributed by atoms with Gasteiger partial charge in [0, 0.05) is 29.3 Å². The summed E-state index contributed by atoms with van der Waals surface area (Å²) in [4.78, 5) is 33.6. The van der Waals surface area contributed by atoms with Crippen LogP contribution < -0.4 is 15.4 Å². The average Bonchev–Trinajstić information content (AvgIpc) is 3.28. The van der Waals surface area contributed by atoms with Crippen LogP contribution in [0.4, 0.5) is 5.69 Å². The first kappa shape index (κ1) is 20.1. The van der Waals surface area contributed by atoms with Crippen molar-refractivity contribution in [1.82, 2.24) is 4.90 Å². The lowest BCUT2D eigenvalue weighted by molar-refractivity contribution is -0.138. The summed E-state index contributed by atoms with van der Waals surface area (Å²) < 4.78 is 5.65. The maximum Gasteiger partial charge on any atom is 0.261 e. The highest BCUT2D eigenvalue weighted by Gasteiger charge is 2.40. The van der Waals surface area contributed by atoms with Crippen molar-refractivity contribution >= 4 is 35.6 Å². The highest BCUT2D eigenvalue weighted by atomic mass is 32.2. The fraction of sp³-hybridized carbons (Fsp3) is 0.286. The maximum atomic E-state index is 12.9. The minimum atomic E-state index is -0.483. The maximum absolute atomic E-state index is 12.9. The van der Waals surface area contributed by atoms with Gasteiger partial charge in [0.25, 0.3) is 5.91 Å². The molecule has 2 aliphatic rings. The number of nitrogens with zero attached hydrogens (tertiary/aromatic N) is 3. The number of oxime groups is 1. The van der Waals surface area contributed by atoms with E-state index in [2.05, 4.69) is 5.16 Å². The Morgan fingerprint density at radius 3 is 2.67 bits per heavy atom. The van der Waals surface area contributed by atoms with Crippen LogP contribution >= 0.6 is 11.8 Å². The Morgan fingerprint density at radius 2 is 1.93 bits per heavy atom. The van der Waals surface area contributed by atoms with Gasteiger partial charge in [-0.15, -0.1) is 0 Å². The van der Waals surface area contributed by atoms with Crippen LogP contribution in [0.2, 0.25) is 0 Å². The molecule has 0 bridgehead atoms. The molecule has 2 unspecified atom stereocenters. The lowest BCUT2D eigenvalue weighted by Gasteiger charge is -2.39. The number of amides is 2. The normalized spacial score (nSPS) is 20.7. The van der Waals surface area contributed by atoms with E-state index in [-0.39, 0.29) is 18.6 Å². The van der Waals surface area contributed by atoms with Gasteiger partial charge in [0.1, 0.15) is 12.1 Å². The number of rotatable bonds is 6. The third kappa shape index (κ3) is 4.35. The van der Waals surface area contributed by atoms with Crippen molar-refractivity contribution in [2.45, 2.75) is 12.3 Å². The zero-order chi connectivity index (χ0) is 20.9. The van der Waals surface area contributed by atoms with Crippen LogP contribution in [-0.2, 0) is 9.63 Å². The van der Waals surface area contributed by atoms with Crippen LogP contribution in [0.15, 0.2) is 59.8 Å². The molecule has 2 amide bonds. The molecule has 0 saturated carbocycles.